The molecular formula is C13H24N2OS. The topological polar surface area (TPSA) is 55.1 Å². The number of nitrogens with two attached hydrogens (primary N) is 1. The van der Waals surface area contributed by atoms with Gasteiger partial charge in [0.05, 0.1) is 10.4 Å². The van der Waals surface area contributed by atoms with Crippen LogP contribution in [0.2, 0.25) is 0 Å². The van der Waals surface area contributed by atoms with E-state index in [0.29, 0.717) is 10.9 Å². The third-order valence-corrected chi connectivity index (χ3v) is 4.46. The maximum Gasteiger partial charge on any atom is 0.233 e. The molecule has 0 aromatic carbocycles. The van der Waals surface area contributed by atoms with Crippen LogP contribution in [-0.4, -0.2) is 17.4 Å². The van der Waals surface area contributed by atoms with Gasteiger partial charge >= 0.3 is 0 Å². The van der Waals surface area contributed by atoms with Crippen molar-refractivity contribution < 1.29 is 4.79 Å². The molecule has 0 heterocycles. The van der Waals surface area contributed by atoms with Gasteiger partial charge < -0.3 is 11.1 Å². The molecule has 1 aliphatic carbocycles. The SMILES string of the molecule is CCC(CC)CNC(=O)C1(C(N)=S)CCCC1. The van der Waals surface area contributed by atoms with E-state index in [4.69, 9.17) is 18.0 Å². The number of carbonyl (C=O) groups is 1. The first-order valence-corrected chi connectivity index (χ1v) is 7.05. The summed E-state index contributed by atoms with van der Waals surface area (Å²) in [6, 6.07) is 0. The van der Waals surface area contributed by atoms with E-state index in [0.717, 1.165) is 45.1 Å². The molecule has 0 aromatic rings. The third-order valence-electron chi connectivity index (χ3n) is 4.07. The van der Waals surface area contributed by atoms with Gasteiger partial charge in [-0.3, -0.25) is 4.79 Å². The molecule has 0 unspecified atom stereocenters. The standard InChI is InChI=1S/C13H24N2OS/c1-3-10(4-2)9-15-12(16)13(11(14)17)7-5-6-8-13/h10H,3-9H2,1-2H3,(H2,14,17)(H,15,16). The quantitative estimate of drug-likeness (QED) is 0.717. The Hall–Kier alpha value is -0.640. The molecule has 1 rings (SSSR count). The highest BCUT2D eigenvalue weighted by Crippen LogP contribution is 2.38. The Labute approximate surface area is 110 Å². The molecule has 0 saturated heterocycles. The Kier molecular flexibility index (Phi) is 5.37. The molecule has 0 spiro atoms. The highest BCUT2D eigenvalue weighted by Gasteiger charge is 2.43. The van der Waals surface area contributed by atoms with Gasteiger partial charge in [-0.25, -0.2) is 0 Å². The van der Waals surface area contributed by atoms with Gasteiger partial charge in [0, 0.05) is 6.54 Å². The van der Waals surface area contributed by atoms with E-state index in [9.17, 15) is 4.79 Å². The zero-order valence-electron chi connectivity index (χ0n) is 10.9. The molecule has 98 valence electrons. The van der Waals surface area contributed by atoms with Crippen LogP contribution in [0.25, 0.3) is 0 Å². The van der Waals surface area contributed by atoms with Crippen molar-refractivity contribution >= 4 is 23.1 Å². The van der Waals surface area contributed by atoms with Crippen LogP contribution in [0, 0.1) is 11.3 Å². The van der Waals surface area contributed by atoms with E-state index >= 15 is 0 Å². The molecule has 4 heteroatoms. The number of rotatable bonds is 6. The van der Waals surface area contributed by atoms with Gasteiger partial charge in [-0.15, -0.1) is 0 Å². The van der Waals surface area contributed by atoms with Crippen LogP contribution < -0.4 is 11.1 Å². The summed E-state index contributed by atoms with van der Waals surface area (Å²) in [7, 11) is 0. The van der Waals surface area contributed by atoms with Crippen molar-refractivity contribution in [2.24, 2.45) is 17.1 Å². The molecule has 1 aliphatic rings. The highest BCUT2D eigenvalue weighted by atomic mass is 32.1. The number of carbonyl (C=O) groups excluding carboxylic acids is 1. The van der Waals surface area contributed by atoms with E-state index < -0.39 is 5.41 Å². The summed E-state index contributed by atoms with van der Waals surface area (Å²) in [5, 5.41) is 3.04. The maximum absolute atomic E-state index is 12.3. The number of hydrogen-bond donors (Lipinski definition) is 2. The van der Waals surface area contributed by atoms with Crippen molar-refractivity contribution in [1.82, 2.24) is 5.32 Å². The van der Waals surface area contributed by atoms with Crippen molar-refractivity contribution in [2.75, 3.05) is 6.54 Å². The smallest absolute Gasteiger partial charge is 0.233 e. The first kappa shape index (κ1) is 14.4. The molecule has 3 N–H and O–H groups in total. The summed E-state index contributed by atoms with van der Waals surface area (Å²) in [5.74, 6) is 0.609. The van der Waals surface area contributed by atoms with Gasteiger partial charge in [-0.1, -0.05) is 51.7 Å². The van der Waals surface area contributed by atoms with Crippen LogP contribution in [0.3, 0.4) is 0 Å². The van der Waals surface area contributed by atoms with Crippen LogP contribution in [-0.2, 0) is 4.79 Å². The zero-order chi connectivity index (χ0) is 12.9. The molecule has 1 amide bonds. The Bertz CT molecular complexity index is 281. The summed E-state index contributed by atoms with van der Waals surface area (Å²) in [6.45, 7) is 5.05. The lowest BCUT2D eigenvalue weighted by atomic mass is 9.85. The van der Waals surface area contributed by atoms with Gasteiger partial charge in [0.15, 0.2) is 0 Å². The van der Waals surface area contributed by atoms with E-state index in [-0.39, 0.29) is 5.91 Å². The first-order chi connectivity index (χ1) is 8.06. The van der Waals surface area contributed by atoms with E-state index in [1.165, 1.54) is 0 Å². The normalized spacial score (nSPS) is 18.3. The van der Waals surface area contributed by atoms with Crippen LogP contribution in [0.4, 0.5) is 0 Å². The average molecular weight is 256 g/mol. The molecule has 3 nitrogen and oxygen atoms in total. The molecular weight excluding hydrogens is 232 g/mol. The summed E-state index contributed by atoms with van der Waals surface area (Å²) < 4.78 is 0. The van der Waals surface area contributed by atoms with Gasteiger partial charge in [0.1, 0.15) is 0 Å². The molecule has 0 atom stereocenters. The Balaban J connectivity index is 2.58. The molecule has 0 bridgehead atoms. The van der Waals surface area contributed by atoms with Crippen LogP contribution in [0.1, 0.15) is 52.4 Å². The summed E-state index contributed by atoms with van der Waals surface area (Å²) in [5.41, 5.74) is 5.22. The van der Waals surface area contributed by atoms with Crippen molar-refractivity contribution in [3.05, 3.63) is 0 Å². The second kappa shape index (κ2) is 6.34. The Morgan fingerprint density at radius 3 is 2.29 bits per heavy atom. The molecule has 0 aliphatic heterocycles. The molecule has 1 fully saturated rings. The predicted octanol–water partition coefficient (Wildman–Crippen LogP) is 2.39. The molecule has 0 radical (unpaired) electrons. The maximum atomic E-state index is 12.3. The lowest BCUT2D eigenvalue weighted by Crippen LogP contribution is -2.48. The Morgan fingerprint density at radius 2 is 1.88 bits per heavy atom. The first-order valence-electron chi connectivity index (χ1n) is 6.65. The predicted molar refractivity (Wildman–Crippen MR) is 74.8 cm³/mol. The average Bonchev–Trinajstić information content (AvgIpc) is 2.80. The fraction of sp³-hybridized carbons (Fsp3) is 0.846. The minimum atomic E-state index is -0.554. The van der Waals surface area contributed by atoms with Gasteiger partial charge in [-0.2, -0.15) is 0 Å². The van der Waals surface area contributed by atoms with E-state index in [1.807, 2.05) is 0 Å². The van der Waals surface area contributed by atoms with E-state index in [1.54, 1.807) is 0 Å². The minimum absolute atomic E-state index is 0.0504. The lowest BCUT2D eigenvalue weighted by molar-refractivity contribution is -0.127. The summed E-state index contributed by atoms with van der Waals surface area (Å²) in [4.78, 5) is 12.6. The molecule has 0 aromatic heterocycles. The number of hydrogen-bond acceptors (Lipinski definition) is 2. The number of amides is 1. The fourth-order valence-corrected chi connectivity index (χ4v) is 2.84. The third kappa shape index (κ3) is 3.18. The fourth-order valence-electron chi connectivity index (χ4n) is 2.55. The van der Waals surface area contributed by atoms with Crippen molar-refractivity contribution in [2.45, 2.75) is 52.4 Å². The van der Waals surface area contributed by atoms with Crippen LogP contribution in [0.15, 0.2) is 0 Å². The Morgan fingerprint density at radius 1 is 1.35 bits per heavy atom. The van der Waals surface area contributed by atoms with Gasteiger partial charge in [-0.05, 0) is 18.8 Å². The summed E-state index contributed by atoms with van der Waals surface area (Å²) >= 11 is 5.10. The highest BCUT2D eigenvalue weighted by molar-refractivity contribution is 7.80. The second-order valence-corrected chi connectivity index (χ2v) is 5.49. The minimum Gasteiger partial charge on any atom is -0.392 e. The van der Waals surface area contributed by atoms with Gasteiger partial charge in [0.25, 0.3) is 0 Å². The number of thiocarbonyl (C=S) groups is 1. The van der Waals surface area contributed by atoms with E-state index in [2.05, 4.69) is 19.2 Å². The molecule has 17 heavy (non-hydrogen) atoms. The summed E-state index contributed by atoms with van der Waals surface area (Å²) in [6.07, 6.45) is 5.92. The zero-order valence-corrected chi connectivity index (χ0v) is 11.7. The lowest BCUT2D eigenvalue weighted by Gasteiger charge is -2.27. The monoisotopic (exact) mass is 256 g/mol. The van der Waals surface area contributed by atoms with Crippen molar-refractivity contribution in [3.8, 4) is 0 Å². The van der Waals surface area contributed by atoms with Crippen LogP contribution in [0.5, 0.6) is 0 Å². The van der Waals surface area contributed by atoms with Crippen LogP contribution >= 0.6 is 12.2 Å². The molecule has 1 saturated carbocycles. The van der Waals surface area contributed by atoms with Gasteiger partial charge in [0.2, 0.25) is 5.91 Å². The van der Waals surface area contributed by atoms with Crippen molar-refractivity contribution in [3.63, 3.8) is 0 Å². The second-order valence-electron chi connectivity index (χ2n) is 5.05. The largest absolute Gasteiger partial charge is 0.392 e. The van der Waals surface area contributed by atoms with Crippen molar-refractivity contribution in [1.29, 1.82) is 0 Å². The number of nitrogens with one attached hydrogen (secondary N) is 1.